The Morgan fingerprint density at radius 1 is 0.903 bits per heavy atom. The van der Waals surface area contributed by atoms with E-state index in [-0.39, 0.29) is 17.5 Å². The van der Waals surface area contributed by atoms with Gasteiger partial charge in [0.05, 0.1) is 0 Å². The lowest BCUT2D eigenvalue weighted by Gasteiger charge is -2.13. The number of carbonyl (C=O) groups is 2. The fourth-order valence-corrected chi connectivity index (χ4v) is 3.45. The predicted octanol–water partition coefficient (Wildman–Crippen LogP) is 5.19. The topological polar surface area (TPSA) is 74.0 Å². The van der Waals surface area contributed by atoms with Gasteiger partial charge >= 0.3 is 0 Å². The number of aromatic amines is 1. The van der Waals surface area contributed by atoms with Crippen molar-refractivity contribution in [3.63, 3.8) is 0 Å². The number of rotatable bonds is 5. The van der Waals surface area contributed by atoms with Gasteiger partial charge in [0.1, 0.15) is 5.70 Å². The van der Waals surface area contributed by atoms with Gasteiger partial charge in [-0.3, -0.25) is 9.59 Å². The Balaban J connectivity index is 1.69. The van der Waals surface area contributed by atoms with Crippen molar-refractivity contribution in [2.24, 2.45) is 0 Å². The van der Waals surface area contributed by atoms with Crippen LogP contribution in [0, 0.1) is 13.8 Å². The standard InChI is InChI=1S/C26H23N3O2/c1-17-12-13-22(18(2)14-17)28-26(31)24(29-25(30)19-8-4-3-5-9-19)15-20-16-27-23-11-7-6-10-21(20)23/h3-16,27H,1-2H3,(H,28,31)(H,29,30). The van der Waals surface area contributed by atoms with Crippen molar-refractivity contribution < 1.29 is 9.59 Å². The highest BCUT2D eigenvalue weighted by Gasteiger charge is 2.16. The molecule has 0 radical (unpaired) electrons. The van der Waals surface area contributed by atoms with Gasteiger partial charge in [-0.25, -0.2) is 0 Å². The van der Waals surface area contributed by atoms with E-state index < -0.39 is 0 Å². The summed E-state index contributed by atoms with van der Waals surface area (Å²) in [6, 6.07) is 22.4. The number of aryl methyl sites for hydroxylation is 2. The molecule has 4 rings (SSSR count). The Morgan fingerprint density at radius 2 is 1.65 bits per heavy atom. The zero-order chi connectivity index (χ0) is 21.8. The lowest BCUT2D eigenvalue weighted by molar-refractivity contribution is -0.113. The molecule has 3 aromatic carbocycles. The van der Waals surface area contributed by atoms with Gasteiger partial charge in [0.25, 0.3) is 11.8 Å². The van der Waals surface area contributed by atoms with E-state index in [4.69, 9.17) is 0 Å². The van der Waals surface area contributed by atoms with Crippen LogP contribution in [0.3, 0.4) is 0 Å². The van der Waals surface area contributed by atoms with Crippen molar-refractivity contribution >= 4 is 34.5 Å². The van der Waals surface area contributed by atoms with Crippen molar-refractivity contribution in [2.75, 3.05) is 5.32 Å². The first-order chi connectivity index (χ1) is 15.0. The van der Waals surface area contributed by atoms with E-state index in [1.807, 2.05) is 68.6 Å². The van der Waals surface area contributed by atoms with Crippen LogP contribution in [-0.4, -0.2) is 16.8 Å². The van der Waals surface area contributed by atoms with Crippen molar-refractivity contribution in [3.8, 4) is 0 Å². The molecule has 0 fully saturated rings. The number of H-pyrrole nitrogens is 1. The summed E-state index contributed by atoms with van der Waals surface area (Å²) in [6.07, 6.45) is 3.52. The van der Waals surface area contributed by atoms with Gasteiger partial charge in [0.2, 0.25) is 0 Å². The molecule has 154 valence electrons. The molecule has 1 aromatic heterocycles. The van der Waals surface area contributed by atoms with Gasteiger partial charge in [0, 0.05) is 33.9 Å². The summed E-state index contributed by atoms with van der Waals surface area (Å²) in [5.41, 5.74) is 5.18. The summed E-state index contributed by atoms with van der Waals surface area (Å²) in [5, 5.41) is 6.67. The molecule has 1 heterocycles. The fraction of sp³-hybridized carbons (Fsp3) is 0.0769. The maximum Gasteiger partial charge on any atom is 0.272 e. The van der Waals surface area contributed by atoms with Crippen molar-refractivity contribution in [3.05, 3.63) is 107 Å². The van der Waals surface area contributed by atoms with Gasteiger partial charge in [-0.05, 0) is 49.8 Å². The predicted molar refractivity (Wildman–Crippen MR) is 125 cm³/mol. The quantitative estimate of drug-likeness (QED) is 0.397. The zero-order valence-electron chi connectivity index (χ0n) is 17.4. The lowest BCUT2D eigenvalue weighted by atomic mass is 10.1. The molecule has 0 bridgehead atoms. The number of amides is 2. The number of nitrogens with one attached hydrogen (secondary N) is 3. The van der Waals surface area contributed by atoms with Crippen molar-refractivity contribution in [2.45, 2.75) is 13.8 Å². The van der Waals surface area contributed by atoms with Crippen LogP contribution in [0.2, 0.25) is 0 Å². The highest BCUT2D eigenvalue weighted by molar-refractivity contribution is 6.11. The van der Waals surface area contributed by atoms with E-state index in [2.05, 4.69) is 15.6 Å². The molecule has 5 nitrogen and oxygen atoms in total. The van der Waals surface area contributed by atoms with Crippen LogP contribution < -0.4 is 10.6 Å². The average Bonchev–Trinajstić information content (AvgIpc) is 3.18. The highest BCUT2D eigenvalue weighted by atomic mass is 16.2. The number of para-hydroxylation sites is 1. The van der Waals surface area contributed by atoms with Crippen LogP contribution in [0.15, 0.2) is 84.7 Å². The molecule has 0 spiro atoms. The van der Waals surface area contributed by atoms with Gasteiger partial charge in [-0.1, -0.05) is 54.1 Å². The van der Waals surface area contributed by atoms with E-state index >= 15 is 0 Å². The first-order valence-corrected chi connectivity index (χ1v) is 10.0. The largest absolute Gasteiger partial charge is 0.361 e. The molecular weight excluding hydrogens is 386 g/mol. The molecule has 0 aliphatic heterocycles. The smallest absolute Gasteiger partial charge is 0.272 e. The number of benzene rings is 3. The zero-order valence-corrected chi connectivity index (χ0v) is 17.4. The van der Waals surface area contributed by atoms with Crippen LogP contribution in [0.1, 0.15) is 27.0 Å². The van der Waals surface area contributed by atoms with Crippen LogP contribution >= 0.6 is 0 Å². The summed E-state index contributed by atoms with van der Waals surface area (Å²) >= 11 is 0. The second kappa shape index (κ2) is 8.71. The second-order valence-electron chi connectivity index (χ2n) is 7.44. The minimum atomic E-state index is -0.387. The number of anilines is 1. The summed E-state index contributed by atoms with van der Waals surface area (Å²) in [5.74, 6) is -0.732. The first-order valence-electron chi connectivity index (χ1n) is 10.0. The first kappa shape index (κ1) is 20.2. The summed E-state index contributed by atoms with van der Waals surface area (Å²) in [4.78, 5) is 29.1. The molecule has 5 heteroatoms. The number of hydrogen-bond donors (Lipinski definition) is 3. The number of carbonyl (C=O) groups excluding carboxylic acids is 2. The number of fused-ring (bicyclic) bond motifs is 1. The van der Waals surface area contributed by atoms with Gasteiger partial charge in [-0.15, -0.1) is 0 Å². The molecule has 0 saturated carbocycles. The van der Waals surface area contributed by atoms with E-state index in [1.54, 1.807) is 30.3 Å². The Morgan fingerprint density at radius 3 is 2.42 bits per heavy atom. The molecule has 2 amide bonds. The third-order valence-corrected chi connectivity index (χ3v) is 5.08. The van der Waals surface area contributed by atoms with E-state index in [9.17, 15) is 9.59 Å². The van der Waals surface area contributed by atoms with Gasteiger partial charge < -0.3 is 15.6 Å². The molecule has 0 saturated heterocycles. The fourth-order valence-electron chi connectivity index (χ4n) is 3.45. The normalized spacial score (nSPS) is 11.4. The molecule has 31 heavy (non-hydrogen) atoms. The second-order valence-corrected chi connectivity index (χ2v) is 7.44. The third-order valence-electron chi connectivity index (χ3n) is 5.08. The molecule has 0 aliphatic carbocycles. The van der Waals surface area contributed by atoms with E-state index in [0.717, 1.165) is 27.6 Å². The Kier molecular flexibility index (Phi) is 5.67. The summed E-state index contributed by atoms with van der Waals surface area (Å²) in [6.45, 7) is 3.94. The monoisotopic (exact) mass is 409 g/mol. The van der Waals surface area contributed by atoms with Crippen molar-refractivity contribution in [1.82, 2.24) is 10.3 Å². The minimum absolute atomic E-state index is 0.165. The maximum atomic E-state index is 13.2. The van der Waals surface area contributed by atoms with E-state index in [0.29, 0.717) is 11.3 Å². The van der Waals surface area contributed by atoms with Gasteiger partial charge in [-0.2, -0.15) is 0 Å². The minimum Gasteiger partial charge on any atom is -0.361 e. The molecule has 3 N–H and O–H groups in total. The van der Waals surface area contributed by atoms with E-state index in [1.165, 1.54) is 0 Å². The number of hydrogen-bond acceptors (Lipinski definition) is 2. The number of aromatic nitrogens is 1. The average molecular weight is 409 g/mol. The summed E-state index contributed by atoms with van der Waals surface area (Å²) < 4.78 is 0. The van der Waals surface area contributed by atoms with Crippen LogP contribution in [0.4, 0.5) is 5.69 Å². The van der Waals surface area contributed by atoms with Crippen LogP contribution in [0.25, 0.3) is 17.0 Å². The molecule has 0 aliphatic rings. The van der Waals surface area contributed by atoms with Crippen molar-refractivity contribution in [1.29, 1.82) is 0 Å². The molecule has 0 unspecified atom stereocenters. The molecule has 4 aromatic rings. The summed E-state index contributed by atoms with van der Waals surface area (Å²) in [7, 11) is 0. The van der Waals surface area contributed by atoms with Crippen LogP contribution in [0.5, 0.6) is 0 Å². The lowest BCUT2D eigenvalue weighted by Crippen LogP contribution is -2.30. The Labute approximate surface area is 180 Å². The van der Waals surface area contributed by atoms with Gasteiger partial charge in [0.15, 0.2) is 0 Å². The van der Waals surface area contributed by atoms with Crippen LogP contribution in [-0.2, 0) is 4.79 Å². The Hall–Kier alpha value is -4.12. The Bertz CT molecular complexity index is 1290. The third kappa shape index (κ3) is 4.56. The molecule has 0 atom stereocenters. The maximum absolute atomic E-state index is 13.2. The molecular formula is C26H23N3O2. The SMILES string of the molecule is Cc1ccc(NC(=O)C(=Cc2c[nH]c3ccccc23)NC(=O)c2ccccc2)c(C)c1. The highest BCUT2D eigenvalue weighted by Crippen LogP contribution is 2.21.